The number of aromatic nitrogens is 1. The molecule has 10 heteroatoms. The van der Waals surface area contributed by atoms with Crippen LogP contribution < -0.4 is 10.6 Å². The number of aryl methyl sites for hydroxylation is 1. The molecule has 0 bridgehead atoms. The molecule has 2 N–H and O–H groups in total. The molecule has 1 aliphatic rings. The Labute approximate surface area is 178 Å². The summed E-state index contributed by atoms with van der Waals surface area (Å²) in [5.41, 5.74) is -0.475. The van der Waals surface area contributed by atoms with Crippen molar-refractivity contribution in [1.29, 1.82) is 0 Å². The van der Waals surface area contributed by atoms with E-state index in [-0.39, 0.29) is 31.1 Å². The quantitative estimate of drug-likeness (QED) is 0.487. The number of anilines is 1. The second kappa shape index (κ2) is 8.99. The summed E-state index contributed by atoms with van der Waals surface area (Å²) in [5.74, 6) is -0.835. The van der Waals surface area contributed by atoms with E-state index < -0.39 is 29.6 Å². The van der Waals surface area contributed by atoms with E-state index in [9.17, 15) is 19.2 Å². The molecule has 164 valence electrons. The normalized spacial score (nSPS) is 16.0. The van der Waals surface area contributed by atoms with Gasteiger partial charge in [-0.2, -0.15) is 0 Å². The largest absolute Gasteiger partial charge is 0.447 e. The second-order valence-electron chi connectivity index (χ2n) is 7.71. The summed E-state index contributed by atoms with van der Waals surface area (Å²) in [5, 5.41) is 8.85. The van der Waals surface area contributed by atoms with E-state index in [1.54, 1.807) is 57.2 Å². The van der Waals surface area contributed by atoms with Gasteiger partial charge in [0.2, 0.25) is 6.10 Å². The van der Waals surface area contributed by atoms with Gasteiger partial charge in [0.25, 0.3) is 11.8 Å². The van der Waals surface area contributed by atoms with Crippen molar-refractivity contribution < 1.29 is 28.4 Å². The number of hydrogen-bond donors (Lipinski definition) is 2. The number of esters is 1. The zero-order chi connectivity index (χ0) is 22.6. The van der Waals surface area contributed by atoms with E-state index >= 15 is 0 Å². The van der Waals surface area contributed by atoms with Crippen molar-refractivity contribution in [2.45, 2.75) is 45.3 Å². The molecule has 2 aromatic rings. The molecule has 3 rings (SSSR count). The number of nitrogens with one attached hydrogen (secondary N) is 2. The first-order valence-electron chi connectivity index (χ1n) is 9.80. The van der Waals surface area contributed by atoms with Gasteiger partial charge in [-0.05, 0) is 27.2 Å². The molecule has 0 radical (unpaired) electrons. The van der Waals surface area contributed by atoms with Gasteiger partial charge in [0.05, 0.1) is 0 Å². The van der Waals surface area contributed by atoms with Gasteiger partial charge < -0.3 is 19.9 Å². The number of amides is 4. The average molecular weight is 428 g/mol. The summed E-state index contributed by atoms with van der Waals surface area (Å²) in [6.07, 6.45) is -1.06. The first-order valence-corrected chi connectivity index (χ1v) is 9.80. The topological polar surface area (TPSA) is 131 Å². The number of hydrogen-bond acceptors (Lipinski definition) is 7. The van der Waals surface area contributed by atoms with Crippen LogP contribution in [0.4, 0.5) is 10.6 Å². The maximum atomic E-state index is 12.7. The lowest BCUT2D eigenvalue weighted by Gasteiger charge is -2.18. The molecule has 1 aromatic heterocycles. The number of rotatable bonds is 8. The van der Waals surface area contributed by atoms with Gasteiger partial charge in [-0.1, -0.05) is 35.5 Å². The van der Waals surface area contributed by atoms with Crippen LogP contribution in [0.2, 0.25) is 0 Å². The average Bonchev–Trinajstić information content (AvgIpc) is 3.21. The Hall–Kier alpha value is -3.69. The van der Waals surface area contributed by atoms with E-state index in [1.807, 2.05) is 0 Å². The Kier molecular flexibility index (Phi) is 6.38. The van der Waals surface area contributed by atoms with Crippen LogP contribution in [-0.2, 0) is 19.1 Å². The van der Waals surface area contributed by atoms with Crippen molar-refractivity contribution >= 4 is 29.6 Å². The molecule has 4 amide bonds. The van der Waals surface area contributed by atoms with Crippen LogP contribution >= 0.6 is 0 Å². The molecule has 0 aliphatic carbocycles. The van der Waals surface area contributed by atoms with E-state index in [1.165, 1.54) is 0 Å². The van der Waals surface area contributed by atoms with Crippen LogP contribution in [0.15, 0.2) is 40.9 Å². The summed E-state index contributed by atoms with van der Waals surface area (Å²) >= 11 is 0. The molecule has 0 unspecified atom stereocenters. The number of ether oxygens (including phenoxy) is 1. The third-order valence-electron chi connectivity index (χ3n) is 4.68. The number of urea groups is 1. The number of nitrogens with zero attached hydrogens (tertiary/aromatic N) is 2. The standard InChI is InChI=1S/C21H24N4O6/c1-13-12-15(24-31-13)22-18(27)17(14-8-5-4-6-9-14)30-16(26)10-7-11-25-19(28)21(2,3)23-20(25)29/h4-6,8-9,12,17H,7,10-11H2,1-3H3,(H,23,29)(H,22,24,27)/t17-/m1/s1. The Balaban J connectivity index is 1.60. The molecule has 2 heterocycles. The predicted octanol–water partition coefficient (Wildman–Crippen LogP) is 2.32. The first kappa shape index (κ1) is 22.0. The highest BCUT2D eigenvalue weighted by atomic mass is 16.5. The molecule has 1 aliphatic heterocycles. The molecule has 1 aromatic carbocycles. The van der Waals surface area contributed by atoms with Gasteiger partial charge in [0, 0.05) is 24.6 Å². The van der Waals surface area contributed by atoms with Crippen LogP contribution in [-0.4, -0.2) is 46.0 Å². The molecule has 1 saturated heterocycles. The molecular weight excluding hydrogens is 404 g/mol. The molecule has 31 heavy (non-hydrogen) atoms. The predicted molar refractivity (Wildman–Crippen MR) is 109 cm³/mol. The van der Waals surface area contributed by atoms with Crippen molar-refractivity contribution in [2.24, 2.45) is 0 Å². The zero-order valence-electron chi connectivity index (χ0n) is 17.5. The van der Waals surface area contributed by atoms with Crippen LogP contribution in [0.25, 0.3) is 0 Å². The monoisotopic (exact) mass is 428 g/mol. The van der Waals surface area contributed by atoms with Crippen molar-refractivity contribution in [2.75, 3.05) is 11.9 Å². The fourth-order valence-corrected chi connectivity index (χ4v) is 3.11. The van der Waals surface area contributed by atoms with Crippen molar-refractivity contribution in [1.82, 2.24) is 15.4 Å². The molecule has 10 nitrogen and oxygen atoms in total. The number of carbonyl (C=O) groups is 4. The third kappa shape index (κ3) is 5.27. The minimum atomic E-state index is -1.19. The van der Waals surface area contributed by atoms with Crippen LogP contribution in [0.5, 0.6) is 0 Å². The second-order valence-corrected chi connectivity index (χ2v) is 7.71. The van der Waals surface area contributed by atoms with E-state index in [2.05, 4.69) is 15.8 Å². The van der Waals surface area contributed by atoms with Gasteiger partial charge in [0.15, 0.2) is 5.82 Å². The first-order chi connectivity index (χ1) is 14.7. The molecular formula is C21H24N4O6. The van der Waals surface area contributed by atoms with E-state index in [0.717, 1.165) is 4.90 Å². The Morgan fingerprint density at radius 2 is 1.97 bits per heavy atom. The maximum absolute atomic E-state index is 12.7. The minimum Gasteiger partial charge on any atom is -0.447 e. The van der Waals surface area contributed by atoms with Crippen molar-refractivity contribution in [3.63, 3.8) is 0 Å². The summed E-state index contributed by atoms with van der Waals surface area (Å²) in [4.78, 5) is 50.3. The fourth-order valence-electron chi connectivity index (χ4n) is 3.11. The molecule has 0 spiro atoms. The van der Waals surface area contributed by atoms with Crippen LogP contribution in [0, 0.1) is 6.92 Å². The Bertz CT molecular complexity index is 985. The van der Waals surface area contributed by atoms with Crippen molar-refractivity contribution in [3.8, 4) is 0 Å². The SMILES string of the molecule is Cc1cc(NC(=O)[C@H](OC(=O)CCCN2C(=O)NC(C)(C)C2=O)c2ccccc2)no1. The van der Waals surface area contributed by atoms with Gasteiger partial charge in [-0.25, -0.2) is 4.79 Å². The van der Waals surface area contributed by atoms with E-state index in [4.69, 9.17) is 9.26 Å². The summed E-state index contributed by atoms with van der Waals surface area (Å²) in [7, 11) is 0. The van der Waals surface area contributed by atoms with Gasteiger partial charge in [-0.15, -0.1) is 0 Å². The summed E-state index contributed by atoms with van der Waals surface area (Å²) in [6.45, 7) is 4.98. The number of imide groups is 1. The molecule has 1 fully saturated rings. The van der Waals surface area contributed by atoms with Crippen LogP contribution in [0.3, 0.4) is 0 Å². The highest BCUT2D eigenvalue weighted by molar-refractivity contribution is 6.06. The lowest BCUT2D eigenvalue weighted by molar-refractivity contribution is -0.155. The Morgan fingerprint density at radius 1 is 1.26 bits per heavy atom. The van der Waals surface area contributed by atoms with E-state index in [0.29, 0.717) is 11.3 Å². The smallest absolute Gasteiger partial charge is 0.325 e. The fraction of sp³-hybridized carbons (Fsp3) is 0.381. The number of carbonyl (C=O) groups excluding carboxylic acids is 4. The zero-order valence-corrected chi connectivity index (χ0v) is 17.5. The number of benzene rings is 1. The molecule has 0 saturated carbocycles. The van der Waals surface area contributed by atoms with Gasteiger partial charge in [-0.3, -0.25) is 19.3 Å². The maximum Gasteiger partial charge on any atom is 0.325 e. The Morgan fingerprint density at radius 3 is 2.55 bits per heavy atom. The highest BCUT2D eigenvalue weighted by Crippen LogP contribution is 2.22. The van der Waals surface area contributed by atoms with Crippen LogP contribution in [0.1, 0.15) is 44.1 Å². The van der Waals surface area contributed by atoms with Crippen molar-refractivity contribution in [3.05, 3.63) is 47.7 Å². The minimum absolute atomic E-state index is 0.0723. The van der Waals surface area contributed by atoms with Gasteiger partial charge in [0.1, 0.15) is 11.3 Å². The summed E-state index contributed by atoms with van der Waals surface area (Å²) in [6, 6.07) is 9.61. The molecule has 1 atom stereocenters. The lowest BCUT2D eigenvalue weighted by atomic mass is 10.1. The summed E-state index contributed by atoms with van der Waals surface area (Å²) < 4.78 is 10.4. The lowest BCUT2D eigenvalue weighted by Crippen LogP contribution is -2.40. The highest BCUT2D eigenvalue weighted by Gasteiger charge is 2.43. The third-order valence-corrected chi connectivity index (χ3v) is 4.68. The van der Waals surface area contributed by atoms with Gasteiger partial charge >= 0.3 is 12.0 Å².